The normalized spacial score (nSPS) is 10.8. The third-order valence-electron chi connectivity index (χ3n) is 15.5. The zero-order valence-corrected chi connectivity index (χ0v) is 47.0. The van der Waals surface area contributed by atoms with Gasteiger partial charge in [-0.1, -0.05) is 194 Å². The number of hydrogen-bond acceptors (Lipinski definition) is 5. The molecule has 0 N–H and O–H groups in total. The van der Waals surface area contributed by atoms with Gasteiger partial charge in [-0.05, 0) is 190 Å². The van der Waals surface area contributed by atoms with Gasteiger partial charge in [-0.3, -0.25) is 0 Å². The summed E-state index contributed by atoms with van der Waals surface area (Å²) in [4.78, 5) is 13.6. The number of anilines is 12. The molecule has 0 saturated heterocycles. The molecule has 0 aromatic heterocycles. The van der Waals surface area contributed by atoms with Gasteiger partial charge in [-0.25, -0.2) is 4.85 Å². The van der Waals surface area contributed by atoms with Crippen LogP contribution in [0, 0.1) is 17.9 Å². The van der Waals surface area contributed by atoms with Crippen molar-refractivity contribution < 1.29 is 0 Å². The molecule has 0 unspecified atom stereocenters. The first-order valence-corrected chi connectivity index (χ1v) is 28.7. The molecule has 0 heterocycles. The lowest BCUT2D eigenvalue weighted by molar-refractivity contribution is 1.28. The summed E-state index contributed by atoms with van der Waals surface area (Å²) in [6.07, 6.45) is 0. The van der Waals surface area contributed by atoms with Crippen LogP contribution in [0.15, 0.2) is 340 Å². The van der Waals surface area contributed by atoms with Gasteiger partial charge < -0.3 is 19.6 Å². The van der Waals surface area contributed by atoms with Gasteiger partial charge >= 0.3 is 0 Å². The maximum absolute atomic E-state index is 12.2. The predicted molar refractivity (Wildman–Crippen MR) is 358 cm³/mol. The van der Waals surface area contributed by atoms with Crippen LogP contribution in [0.5, 0.6) is 0 Å². The second-order valence-electron chi connectivity index (χ2n) is 20.7. The highest BCUT2D eigenvalue weighted by molar-refractivity contribution is 6.10. The highest BCUT2D eigenvalue weighted by Gasteiger charge is 2.29. The molecule has 406 valence electrons. The molecule has 13 aromatic rings. The lowest BCUT2D eigenvalue weighted by atomic mass is 9.79. The molecule has 0 amide bonds. The summed E-state index contributed by atoms with van der Waals surface area (Å²) in [5, 5.41) is 12.2. The van der Waals surface area contributed by atoms with Gasteiger partial charge in [0.25, 0.3) is 0 Å². The molecule has 86 heavy (non-hydrogen) atoms. The minimum Gasteiger partial charge on any atom is -0.311 e. The molecule has 0 atom stereocenters. The third-order valence-corrected chi connectivity index (χ3v) is 15.5. The van der Waals surface area contributed by atoms with E-state index >= 15 is 0 Å². The molecular weight excluding hydrogens is 1040 g/mol. The van der Waals surface area contributed by atoms with Crippen LogP contribution in [0.3, 0.4) is 0 Å². The molecule has 6 heteroatoms. The zero-order valence-electron chi connectivity index (χ0n) is 47.0. The number of rotatable bonds is 16. The Labute approximate surface area is 503 Å². The molecule has 0 spiro atoms. The first-order chi connectivity index (χ1) is 42.6. The fraction of sp³-hybridized carbons (Fsp3) is 0. The van der Waals surface area contributed by atoms with Crippen LogP contribution in [-0.4, -0.2) is 0 Å². The second kappa shape index (κ2) is 24.6. The third kappa shape index (κ3) is 10.7. The molecule has 6 nitrogen and oxygen atoms in total. The zero-order chi connectivity index (χ0) is 58.0. The average molecular weight is 1100 g/mol. The van der Waals surface area contributed by atoms with Crippen LogP contribution >= 0.6 is 0 Å². The summed E-state index contributed by atoms with van der Waals surface area (Å²) >= 11 is 0. The lowest BCUT2D eigenvalue weighted by Gasteiger charge is -2.28. The number of nitrogens with zero attached hydrogens (tertiary/aromatic N) is 6. The van der Waals surface area contributed by atoms with Crippen LogP contribution < -0.4 is 19.6 Å². The van der Waals surface area contributed by atoms with E-state index in [0.29, 0.717) is 33.5 Å². The Bertz CT molecular complexity index is 3730. The van der Waals surface area contributed by atoms with Gasteiger partial charge in [-0.2, -0.15) is 5.26 Å². The Morgan fingerprint density at radius 2 is 0.384 bits per heavy atom. The number of benzene rings is 13. The Morgan fingerprint density at radius 3 is 0.547 bits per heavy atom. The summed E-state index contributed by atoms with van der Waals surface area (Å²) < 4.78 is 0. The summed E-state index contributed by atoms with van der Waals surface area (Å²) in [5.74, 6) is 0. The highest BCUT2D eigenvalue weighted by Crippen LogP contribution is 2.54. The number of para-hydroxylation sites is 8. The fourth-order valence-electron chi connectivity index (χ4n) is 11.6. The molecular formula is C80H56N6. The summed E-state index contributed by atoms with van der Waals surface area (Å²) in [7, 11) is 0. The van der Waals surface area contributed by atoms with Crippen LogP contribution in [0.25, 0.3) is 49.4 Å². The number of hydrogen-bond donors (Lipinski definition) is 0. The maximum Gasteiger partial charge on any atom is 0.203 e. The van der Waals surface area contributed by atoms with E-state index in [9.17, 15) is 11.8 Å². The van der Waals surface area contributed by atoms with Crippen molar-refractivity contribution >= 4 is 73.9 Å². The second-order valence-corrected chi connectivity index (χ2v) is 20.7. The van der Waals surface area contributed by atoms with Crippen molar-refractivity contribution in [2.75, 3.05) is 19.6 Å². The minimum absolute atomic E-state index is 0.430. The van der Waals surface area contributed by atoms with Crippen LogP contribution in [0.1, 0.15) is 5.56 Å². The van der Waals surface area contributed by atoms with Gasteiger partial charge in [0.15, 0.2) is 0 Å². The standard InChI is InChI=1S/C80H56N6/c1-82-80-78(61-46-54-73(55-47-61)85(67-34-18-6-19-35-67)68-36-20-7-21-37-68)76(59-42-50-71(51-43-59)83(63-26-10-2-11-27-63)64-28-12-3-13-29-64)75(58-81)77(60-44-52-72(53-45-60)84(65-30-14-4-15-31-65)66-32-16-5-17-33-66)79(80)62-48-56-74(57-49-62)86(69-38-22-8-23-39-69)70-40-24-9-25-41-70/h2-57H. The van der Waals surface area contributed by atoms with Crippen molar-refractivity contribution in [3.05, 3.63) is 357 Å². The van der Waals surface area contributed by atoms with Crippen LogP contribution in [-0.2, 0) is 0 Å². The fourth-order valence-corrected chi connectivity index (χ4v) is 11.6. The van der Waals surface area contributed by atoms with Gasteiger partial charge in [0.05, 0.1) is 12.1 Å². The summed E-state index contributed by atoms with van der Waals surface area (Å²) in [6, 6.07) is 119. The molecule has 0 fully saturated rings. The van der Waals surface area contributed by atoms with E-state index < -0.39 is 0 Å². The molecule has 0 aliphatic heterocycles. The maximum atomic E-state index is 12.2. The van der Waals surface area contributed by atoms with Crippen molar-refractivity contribution in [2.24, 2.45) is 0 Å². The largest absolute Gasteiger partial charge is 0.311 e. The molecule has 13 rings (SSSR count). The van der Waals surface area contributed by atoms with E-state index in [-0.39, 0.29) is 0 Å². The molecule has 0 bridgehead atoms. The van der Waals surface area contributed by atoms with Crippen molar-refractivity contribution in [2.45, 2.75) is 0 Å². The van der Waals surface area contributed by atoms with Crippen molar-refractivity contribution in [1.29, 1.82) is 5.26 Å². The summed E-state index contributed by atoms with van der Waals surface area (Å²) in [5.41, 5.74) is 18.6. The molecule has 0 aliphatic rings. The van der Waals surface area contributed by atoms with E-state index in [1.807, 2.05) is 146 Å². The molecule has 13 aromatic carbocycles. The van der Waals surface area contributed by atoms with Gasteiger partial charge in [0.1, 0.15) is 6.07 Å². The molecule has 0 radical (unpaired) electrons. The quantitative estimate of drug-likeness (QED) is 0.0902. The monoisotopic (exact) mass is 1100 g/mol. The van der Waals surface area contributed by atoms with Crippen molar-refractivity contribution in [1.82, 2.24) is 0 Å². The first kappa shape index (κ1) is 53.4. The number of nitriles is 1. The molecule has 0 saturated carbocycles. The van der Waals surface area contributed by atoms with Gasteiger partial charge in [0.2, 0.25) is 5.69 Å². The van der Waals surface area contributed by atoms with Crippen molar-refractivity contribution in [3.63, 3.8) is 0 Å². The Balaban J connectivity index is 1.06. The SMILES string of the molecule is [C-]#[N+]c1c(-c2ccc(N(c3ccccc3)c3ccccc3)cc2)c(-c2ccc(N(c3ccccc3)c3ccccc3)cc2)c(C#N)c(-c2ccc(N(c3ccccc3)c3ccccc3)cc2)c1-c1ccc(N(c2ccccc2)c2ccccc2)cc1. The van der Waals surface area contributed by atoms with E-state index in [1.54, 1.807) is 0 Å². The average Bonchev–Trinajstić information content (AvgIpc) is 0.992. The van der Waals surface area contributed by atoms with Crippen molar-refractivity contribution in [3.8, 4) is 50.6 Å². The summed E-state index contributed by atoms with van der Waals surface area (Å²) in [6.45, 7) is 9.51. The van der Waals surface area contributed by atoms with Gasteiger partial charge in [0, 0.05) is 68.2 Å². The topological polar surface area (TPSA) is 41.1 Å². The highest BCUT2D eigenvalue weighted by atomic mass is 15.2. The van der Waals surface area contributed by atoms with E-state index in [1.165, 1.54) is 0 Å². The van der Waals surface area contributed by atoms with Crippen LogP contribution in [0.4, 0.5) is 73.9 Å². The van der Waals surface area contributed by atoms with E-state index in [2.05, 4.69) is 225 Å². The smallest absolute Gasteiger partial charge is 0.203 e. The molecule has 0 aliphatic carbocycles. The van der Waals surface area contributed by atoms with E-state index in [0.717, 1.165) is 90.5 Å². The lowest BCUT2D eigenvalue weighted by Crippen LogP contribution is -2.10. The predicted octanol–water partition coefficient (Wildman–Crippen LogP) is 22.7. The Morgan fingerprint density at radius 1 is 0.221 bits per heavy atom. The minimum atomic E-state index is 0.430. The van der Waals surface area contributed by atoms with Crippen LogP contribution in [0.2, 0.25) is 0 Å². The van der Waals surface area contributed by atoms with E-state index in [4.69, 9.17) is 0 Å². The Kier molecular flexibility index (Phi) is 15.3. The Hall–Kier alpha value is -12.0. The first-order valence-electron chi connectivity index (χ1n) is 28.7. The van der Waals surface area contributed by atoms with Gasteiger partial charge in [-0.15, -0.1) is 0 Å².